The lowest BCUT2D eigenvalue weighted by molar-refractivity contribution is 0.102. The summed E-state index contributed by atoms with van der Waals surface area (Å²) in [6.07, 6.45) is 0. The summed E-state index contributed by atoms with van der Waals surface area (Å²) in [5.74, 6) is 0.632. The quantitative estimate of drug-likeness (QED) is 0.891. The van der Waals surface area contributed by atoms with E-state index in [4.69, 9.17) is 4.74 Å². The van der Waals surface area contributed by atoms with Crippen molar-refractivity contribution in [1.29, 1.82) is 0 Å². The van der Waals surface area contributed by atoms with Crippen LogP contribution in [-0.4, -0.2) is 12.5 Å². The van der Waals surface area contributed by atoms with Crippen LogP contribution < -0.4 is 10.1 Å². The van der Waals surface area contributed by atoms with Crippen LogP contribution in [0.2, 0.25) is 0 Å². The molecule has 2 aromatic carbocycles. The van der Waals surface area contributed by atoms with E-state index in [9.17, 15) is 4.79 Å². The average Bonchev–Trinajstić information content (AvgIpc) is 2.40. The van der Waals surface area contributed by atoms with Crippen LogP contribution in [0.5, 0.6) is 5.75 Å². The number of carbonyl (C=O) groups is 1. The molecule has 0 aliphatic carbocycles. The number of nitrogens with one attached hydrogen (secondary N) is 1. The van der Waals surface area contributed by atoms with Gasteiger partial charge in [-0.1, -0.05) is 24.3 Å². The molecular weight excluding hydrogens is 226 g/mol. The molecule has 3 heteroatoms. The van der Waals surface area contributed by atoms with Gasteiger partial charge in [-0.15, -0.1) is 0 Å². The van der Waals surface area contributed by atoms with Gasteiger partial charge in [-0.05, 0) is 31.2 Å². The predicted octanol–water partition coefficient (Wildman–Crippen LogP) is 3.34. The Balaban J connectivity index is 2.10. The van der Waals surface area contributed by atoms with Crippen molar-refractivity contribution < 1.29 is 9.53 Å². The fourth-order valence-electron chi connectivity index (χ4n) is 1.62. The van der Waals surface area contributed by atoms with Crippen molar-refractivity contribution in [2.24, 2.45) is 0 Å². The first-order chi connectivity index (χ1) is 8.79. The van der Waals surface area contributed by atoms with E-state index >= 15 is 0 Å². The smallest absolute Gasteiger partial charge is 0.255 e. The fourth-order valence-corrected chi connectivity index (χ4v) is 1.62. The Hall–Kier alpha value is -2.29. The molecule has 0 aliphatic heterocycles. The van der Waals surface area contributed by atoms with Gasteiger partial charge in [-0.25, -0.2) is 0 Å². The third kappa shape index (κ3) is 3.10. The van der Waals surface area contributed by atoms with Gasteiger partial charge in [0.05, 0.1) is 6.61 Å². The molecule has 2 aromatic rings. The van der Waals surface area contributed by atoms with E-state index in [2.05, 4.69) is 5.32 Å². The molecule has 0 fully saturated rings. The van der Waals surface area contributed by atoms with Gasteiger partial charge in [0.1, 0.15) is 5.75 Å². The highest BCUT2D eigenvalue weighted by atomic mass is 16.5. The fraction of sp³-hybridized carbons (Fsp3) is 0.133. The summed E-state index contributed by atoms with van der Waals surface area (Å²) in [5, 5.41) is 2.84. The first-order valence-electron chi connectivity index (χ1n) is 5.89. The van der Waals surface area contributed by atoms with E-state index < -0.39 is 0 Å². The van der Waals surface area contributed by atoms with Crippen molar-refractivity contribution >= 4 is 11.6 Å². The van der Waals surface area contributed by atoms with E-state index in [1.165, 1.54) is 0 Å². The van der Waals surface area contributed by atoms with E-state index in [1.54, 1.807) is 12.1 Å². The van der Waals surface area contributed by atoms with Crippen molar-refractivity contribution in [2.45, 2.75) is 6.92 Å². The molecule has 0 aliphatic rings. The van der Waals surface area contributed by atoms with Gasteiger partial charge in [-0.3, -0.25) is 4.79 Å². The molecule has 0 spiro atoms. The molecule has 0 atom stereocenters. The highest BCUT2D eigenvalue weighted by Gasteiger charge is 2.05. The largest absolute Gasteiger partial charge is 0.494 e. The number of benzene rings is 2. The molecule has 18 heavy (non-hydrogen) atoms. The van der Waals surface area contributed by atoms with Crippen LogP contribution in [0.4, 0.5) is 5.69 Å². The Kier molecular flexibility index (Phi) is 3.97. The summed E-state index contributed by atoms with van der Waals surface area (Å²) >= 11 is 0. The minimum atomic E-state index is -0.121. The second kappa shape index (κ2) is 5.87. The monoisotopic (exact) mass is 241 g/mol. The second-order valence-electron chi connectivity index (χ2n) is 3.78. The molecule has 92 valence electrons. The van der Waals surface area contributed by atoms with Crippen LogP contribution in [0, 0.1) is 0 Å². The molecule has 0 aromatic heterocycles. The number of anilines is 1. The maximum atomic E-state index is 11.9. The second-order valence-corrected chi connectivity index (χ2v) is 3.78. The lowest BCUT2D eigenvalue weighted by Gasteiger charge is -2.07. The van der Waals surface area contributed by atoms with E-state index in [0.29, 0.717) is 12.2 Å². The summed E-state index contributed by atoms with van der Waals surface area (Å²) in [5.41, 5.74) is 1.37. The van der Waals surface area contributed by atoms with Crippen LogP contribution >= 0.6 is 0 Å². The predicted molar refractivity (Wildman–Crippen MR) is 72.0 cm³/mol. The van der Waals surface area contributed by atoms with Crippen LogP contribution in [-0.2, 0) is 0 Å². The Bertz CT molecular complexity index is 523. The van der Waals surface area contributed by atoms with Crippen molar-refractivity contribution in [3.8, 4) is 5.75 Å². The normalized spacial score (nSPS) is 9.83. The lowest BCUT2D eigenvalue weighted by atomic mass is 10.2. The third-order valence-corrected chi connectivity index (χ3v) is 2.44. The zero-order valence-corrected chi connectivity index (χ0v) is 10.2. The summed E-state index contributed by atoms with van der Waals surface area (Å²) in [7, 11) is 0. The Morgan fingerprint density at radius 3 is 2.61 bits per heavy atom. The average molecular weight is 241 g/mol. The molecule has 3 nitrogen and oxygen atoms in total. The molecule has 0 bridgehead atoms. The molecule has 1 amide bonds. The SMILES string of the molecule is CCOc1cccc(NC(=O)c2ccccc2)c1. The topological polar surface area (TPSA) is 38.3 Å². The van der Waals surface area contributed by atoms with Crippen molar-refractivity contribution in [3.05, 3.63) is 60.2 Å². The van der Waals surface area contributed by atoms with Crippen LogP contribution in [0.15, 0.2) is 54.6 Å². The summed E-state index contributed by atoms with van der Waals surface area (Å²) < 4.78 is 5.38. The van der Waals surface area contributed by atoms with Gasteiger partial charge >= 0.3 is 0 Å². The number of amides is 1. The molecule has 0 radical (unpaired) electrons. The number of ether oxygens (including phenoxy) is 1. The van der Waals surface area contributed by atoms with Gasteiger partial charge in [0.25, 0.3) is 5.91 Å². The number of carbonyl (C=O) groups excluding carboxylic acids is 1. The highest BCUT2D eigenvalue weighted by Crippen LogP contribution is 2.17. The van der Waals surface area contributed by atoms with Gasteiger partial charge in [0.15, 0.2) is 0 Å². The van der Waals surface area contributed by atoms with Crippen molar-refractivity contribution in [1.82, 2.24) is 0 Å². The van der Waals surface area contributed by atoms with Crippen molar-refractivity contribution in [3.63, 3.8) is 0 Å². The van der Waals surface area contributed by atoms with Gasteiger partial charge in [0, 0.05) is 17.3 Å². The first kappa shape index (κ1) is 12.2. The zero-order valence-electron chi connectivity index (χ0n) is 10.2. The molecule has 0 saturated heterocycles. The van der Waals surface area contributed by atoms with Gasteiger partial charge in [-0.2, -0.15) is 0 Å². The number of hydrogen-bond donors (Lipinski definition) is 1. The lowest BCUT2D eigenvalue weighted by Crippen LogP contribution is -2.11. The zero-order chi connectivity index (χ0) is 12.8. The standard InChI is InChI=1S/C15H15NO2/c1-2-18-14-10-6-9-13(11-14)16-15(17)12-7-4-3-5-8-12/h3-11H,2H2,1H3,(H,16,17). The molecule has 0 unspecified atom stereocenters. The Morgan fingerprint density at radius 1 is 1.11 bits per heavy atom. The molecular formula is C15H15NO2. The van der Waals surface area contributed by atoms with Crippen LogP contribution in [0.3, 0.4) is 0 Å². The molecule has 1 N–H and O–H groups in total. The van der Waals surface area contributed by atoms with E-state index in [1.807, 2.05) is 49.4 Å². The van der Waals surface area contributed by atoms with Crippen LogP contribution in [0.1, 0.15) is 17.3 Å². The molecule has 0 saturated carbocycles. The van der Waals surface area contributed by atoms with E-state index in [-0.39, 0.29) is 5.91 Å². The Labute approximate surface area is 106 Å². The minimum Gasteiger partial charge on any atom is -0.494 e. The minimum absolute atomic E-state index is 0.121. The summed E-state index contributed by atoms with van der Waals surface area (Å²) in [6, 6.07) is 16.5. The maximum Gasteiger partial charge on any atom is 0.255 e. The van der Waals surface area contributed by atoms with Crippen molar-refractivity contribution in [2.75, 3.05) is 11.9 Å². The Morgan fingerprint density at radius 2 is 1.89 bits per heavy atom. The van der Waals surface area contributed by atoms with Gasteiger partial charge < -0.3 is 10.1 Å². The highest BCUT2D eigenvalue weighted by molar-refractivity contribution is 6.04. The van der Waals surface area contributed by atoms with E-state index in [0.717, 1.165) is 11.4 Å². The van der Waals surface area contributed by atoms with Gasteiger partial charge in [0.2, 0.25) is 0 Å². The summed E-state index contributed by atoms with van der Waals surface area (Å²) in [6.45, 7) is 2.53. The third-order valence-electron chi connectivity index (χ3n) is 2.44. The summed E-state index contributed by atoms with van der Waals surface area (Å²) in [4.78, 5) is 11.9. The first-order valence-corrected chi connectivity index (χ1v) is 5.89. The number of rotatable bonds is 4. The molecule has 0 heterocycles. The molecule has 2 rings (SSSR count). The van der Waals surface area contributed by atoms with Crippen LogP contribution in [0.25, 0.3) is 0 Å². The number of hydrogen-bond acceptors (Lipinski definition) is 2. The maximum absolute atomic E-state index is 11.9.